The average molecular weight is 353 g/mol. The van der Waals surface area contributed by atoms with Gasteiger partial charge in [-0.05, 0) is 23.6 Å². The van der Waals surface area contributed by atoms with E-state index in [0.717, 1.165) is 5.56 Å². The molecule has 134 valence electrons. The van der Waals surface area contributed by atoms with Gasteiger partial charge in [-0.3, -0.25) is 9.59 Å². The van der Waals surface area contributed by atoms with E-state index in [2.05, 4.69) is 10.9 Å². The van der Waals surface area contributed by atoms with Crippen molar-refractivity contribution in [1.29, 1.82) is 5.26 Å². The molecule has 0 aliphatic carbocycles. The van der Waals surface area contributed by atoms with E-state index in [1.807, 2.05) is 12.1 Å². The smallest absolute Gasteiger partial charge is 0.322 e. The lowest BCUT2D eigenvalue weighted by Crippen LogP contribution is -2.54. The van der Waals surface area contributed by atoms with Crippen LogP contribution in [0.3, 0.4) is 0 Å². The van der Waals surface area contributed by atoms with E-state index in [1.54, 1.807) is 48.5 Å². The Labute approximate surface area is 150 Å². The summed E-state index contributed by atoms with van der Waals surface area (Å²) in [7, 11) is 0. The molecule has 0 unspecified atom stereocenters. The third-order valence-electron chi connectivity index (χ3n) is 3.87. The maximum atomic E-state index is 11.5. The number of hydrogen-bond acceptors (Lipinski definition) is 5. The van der Waals surface area contributed by atoms with Crippen molar-refractivity contribution in [3.63, 3.8) is 0 Å². The van der Waals surface area contributed by atoms with Crippen molar-refractivity contribution in [2.45, 2.75) is 24.9 Å². The Balaban J connectivity index is 2.05. The molecule has 0 amide bonds. The van der Waals surface area contributed by atoms with Crippen LogP contribution in [0.2, 0.25) is 0 Å². The van der Waals surface area contributed by atoms with Crippen LogP contribution in [0.1, 0.15) is 16.7 Å². The van der Waals surface area contributed by atoms with Crippen molar-refractivity contribution < 1.29 is 19.8 Å². The van der Waals surface area contributed by atoms with Crippen molar-refractivity contribution in [3.05, 3.63) is 71.3 Å². The van der Waals surface area contributed by atoms with Gasteiger partial charge in [0.05, 0.1) is 11.6 Å². The third-order valence-corrected chi connectivity index (χ3v) is 3.87. The highest BCUT2D eigenvalue weighted by Crippen LogP contribution is 2.10. The van der Waals surface area contributed by atoms with E-state index < -0.39 is 24.0 Å². The fourth-order valence-electron chi connectivity index (χ4n) is 2.48. The number of rotatable bonds is 9. The van der Waals surface area contributed by atoms with Gasteiger partial charge in [0.2, 0.25) is 0 Å². The van der Waals surface area contributed by atoms with Crippen LogP contribution in [-0.2, 0) is 22.4 Å². The normalized spacial score (nSPS) is 12.7. The summed E-state index contributed by atoms with van der Waals surface area (Å²) in [4.78, 5) is 23.0. The van der Waals surface area contributed by atoms with E-state index in [0.29, 0.717) is 11.1 Å². The molecular weight excluding hydrogens is 334 g/mol. The summed E-state index contributed by atoms with van der Waals surface area (Å²) in [5.41, 5.74) is 6.95. The maximum Gasteiger partial charge on any atom is 0.322 e. The molecule has 2 aromatic carbocycles. The number of aliphatic carboxylic acids is 2. The Morgan fingerprint density at radius 3 is 2.00 bits per heavy atom. The van der Waals surface area contributed by atoms with Crippen molar-refractivity contribution in [1.82, 2.24) is 10.9 Å². The Bertz CT molecular complexity index is 802. The summed E-state index contributed by atoms with van der Waals surface area (Å²) in [5, 5.41) is 27.9. The highest BCUT2D eigenvalue weighted by Gasteiger charge is 2.23. The fraction of sp³-hybridized carbons (Fsp3) is 0.211. The zero-order valence-corrected chi connectivity index (χ0v) is 13.9. The molecule has 7 heteroatoms. The number of benzene rings is 2. The van der Waals surface area contributed by atoms with Crippen LogP contribution in [0.4, 0.5) is 0 Å². The van der Waals surface area contributed by atoms with Crippen LogP contribution in [-0.4, -0.2) is 34.2 Å². The molecule has 26 heavy (non-hydrogen) atoms. The van der Waals surface area contributed by atoms with E-state index in [-0.39, 0.29) is 12.8 Å². The molecule has 0 saturated heterocycles. The summed E-state index contributed by atoms with van der Waals surface area (Å²) in [6.45, 7) is 0. The summed E-state index contributed by atoms with van der Waals surface area (Å²) < 4.78 is 0. The molecule has 0 aliphatic rings. The zero-order valence-electron chi connectivity index (χ0n) is 13.9. The molecule has 0 aliphatic heterocycles. The monoisotopic (exact) mass is 353 g/mol. The molecule has 4 N–H and O–H groups in total. The van der Waals surface area contributed by atoms with E-state index in [1.165, 1.54) is 0 Å². The second-order valence-corrected chi connectivity index (χ2v) is 5.73. The van der Waals surface area contributed by atoms with E-state index in [4.69, 9.17) is 5.26 Å². The minimum atomic E-state index is -1.14. The number of nitrogens with one attached hydrogen (secondary N) is 2. The molecule has 0 aromatic heterocycles. The van der Waals surface area contributed by atoms with Gasteiger partial charge in [-0.15, -0.1) is 0 Å². The number of carboxylic acid groups (broad SMARTS) is 2. The van der Waals surface area contributed by atoms with Crippen LogP contribution in [0.25, 0.3) is 0 Å². The van der Waals surface area contributed by atoms with Gasteiger partial charge in [0.15, 0.2) is 0 Å². The number of nitriles is 1. The standard InChI is InChI=1S/C19H19N3O4/c20-12-15-9-5-4-8-14(15)11-17(19(25)26)22-21-16(18(23)24)10-13-6-2-1-3-7-13/h1-9,16-17,21-22H,10-11H2,(H,23,24)(H,25,26)/t16-,17-/m0/s1. The SMILES string of the molecule is N#Cc1ccccc1C[C@H](NN[C@@H](Cc1ccccc1)C(=O)O)C(=O)O. The molecule has 0 radical (unpaired) electrons. The second kappa shape index (κ2) is 9.32. The maximum absolute atomic E-state index is 11.5. The predicted octanol–water partition coefficient (Wildman–Crippen LogP) is 1.34. The predicted molar refractivity (Wildman–Crippen MR) is 94.1 cm³/mol. The van der Waals surface area contributed by atoms with Gasteiger partial charge < -0.3 is 10.2 Å². The van der Waals surface area contributed by atoms with Crippen LogP contribution < -0.4 is 10.9 Å². The first-order chi connectivity index (χ1) is 12.5. The first kappa shape index (κ1) is 19.1. The minimum Gasteiger partial charge on any atom is -0.480 e. The molecule has 2 atom stereocenters. The van der Waals surface area contributed by atoms with Gasteiger partial charge in [0, 0.05) is 6.42 Å². The molecule has 0 fully saturated rings. The first-order valence-electron chi connectivity index (χ1n) is 8.00. The number of nitrogens with zero attached hydrogens (tertiary/aromatic N) is 1. The fourth-order valence-corrected chi connectivity index (χ4v) is 2.48. The summed E-state index contributed by atoms with van der Waals surface area (Å²) in [5.74, 6) is -2.24. The van der Waals surface area contributed by atoms with Gasteiger partial charge in [-0.25, -0.2) is 10.9 Å². The van der Waals surface area contributed by atoms with Crippen LogP contribution in [0, 0.1) is 11.3 Å². The Kier molecular flexibility index (Phi) is 6.85. The molecule has 0 heterocycles. The topological polar surface area (TPSA) is 122 Å². The Morgan fingerprint density at radius 1 is 0.885 bits per heavy atom. The molecule has 2 aromatic rings. The molecule has 0 spiro atoms. The first-order valence-corrected chi connectivity index (χ1v) is 8.00. The van der Waals surface area contributed by atoms with E-state index in [9.17, 15) is 19.8 Å². The molecule has 7 nitrogen and oxygen atoms in total. The minimum absolute atomic E-state index is 0.0454. The summed E-state index contributed by atoms with van der Waals surface area (Å²) in [6, 6.07) is 15.7. The van der Waals surface area contributed by atoms with Crippen LogP contribution in [0.15, 0.2) is 54.6 Å². The molecule has 2 rings (SSSR count). The summed E-state index contributed by atoms with van der Waals surface area (Å²) >= 11 is 0. The highest BCUT2D eigenvalue weighted by molar-refractivity contribution is 5.75. The number of carboxylic acids is 2. The lowest BCUT2D eigenvalue weighted by Gasteiger charge is -2.20. The molecule has 0 saturated carbocycles. The lowest BCUT2D eigenvalue weighted by atomic mass is 10.0. The van der Waals surface area contributed by atoms with Crippen molar-refractivity contribution in [3.8, 4) is 6.07 Å². The van der Waals surface area contributed by atoms with Crippen molar-refractivity contribution >= 4 is 11.9 Å². The quantitative estimate of drug-likeness (QED) is 0.502. The average Bonchev–Trinajstić information content (AvgIpc) is 2.64. The number of hydrazine groups is 1. The van der Waals surface area contributed by atoms with Crippen molar-refractivity contribution in [2.75, 3.05) is 0 Å². The van der Waals surface area contributed by atoms with Gasteiger partial charge in [0.1, 0.15) is 12.1 Å². The number of hydrogen-bond donors (Lipinski definition) is 4. The number of carbonyl (C=O) groups is 2. The Hall–Kier alpha value is -3.21. The molecule has 0 bridgehead atoms. The van der Waals surface area contributed by atoms with Crippen LogP contribution >= 0.6 is 0 Å². The second-order valence-electron chi connectivity index (χ2n) is 5.73. The van der Waals surface area contributed by atoms with Crippen LogP contribution in [0.5, 0.6) is 0 Å². The van der Waals surface area contributed by atoms with Gasteiger partial charge in [-0.2, -0.15) is 5.26 Å². The van der Waals surface area contributed by atoms with E-state index >= 15 is 0 Å². The molecular formula is C19H19N3O4. The van der Waals surface area contributed by atoms with Gasteiger partial charge >= 0.3 is 11.9 Å². The largest absolute Gasteiger partial charge is 0.480 e. The third kappa shape index (κ3) is 5.41. The summed E-state index contributed by atoms with van der Waals surface area (Å²) in [6.07, 6.45) is 0.244. The lowest BCUT2D eigenvalue weighted by molar-refractivity contribution is -0.143. The van der Waals surface area contributed by atoms with Gasteiger partial charge in [0.25, 0.3) is 0 Å². The Morgan fingerprint density at radius 2 is 1.42 bits per heavy atom. The van der Waals surface area contributed by atoms with Crippen molar-refractivity contribution in [2.24, 2.45) is 0 Å². The van der Waals surface area contributed by atoms with Gasteiger partial charge in [-0.1, -0.05) is 48.5 Å². The highest BCUT2D eigenvalue weighted by atomic mass is 16.4. The zero-order chi connectivity index (χ0) is 18.9.